The first kappa shape index (κ1) is 9.70. The van der Waals surface area contributed by atoms with Gasteiger partial charge in [0.2, 0.25) is 0 Å². The number of hydrogen-bond donors (Lipinski definition) is 2. The minimum atomic E-state index is 0.0523. The van der Waals surface area contributed by atoms with Crippen molar-refractivity contribution in [2.45, 2.75) is 31.7 Å². The minimum Gasteiger partial charge on any atom is -0.384 e. The molecule has 3 rings (SSSR count). The topological polar surface area (TPSA) is 41.1 Å². The van der Waals surface area contributed by atoms with E-state index >= 15 is 0 Å². The molecule has 0 unspecified atom stereocenters. The fourth-order valence-corrected chi connectivity index (χ4v) is 2.09. The molecule has 2 N–H and O–H groups in total. The standard InChI is InChI=1S/C13H16N2O/c1-13(5-6-13)15-12(16)10-3-2-9-4-7-14-11(9)8-10/h2-3,8,14H,4-7H2,1H3,(H,15,16). The lowest BCUT2D eigenvalue weighted by atomic mass is 10.1. The monoisotopic (exact) mass is 216 g/mol. The molecule has 1 fully saturated rings. The van der Waals surface area contributed by atoms with Gasteiger partial charge in [-0.3, -0.25) is 4.79 Å². The normalized spacial score (nSPS) is 19.8. The van der Waals surface area contributed by atoms with Crippen molar-refractivity contribution in [3.05, 3.63) is 29.3 Å². The maximum atomic E-state index is 12.0. The molecule has 3 heteroatoms. The van der Waals surface area contributed by atoms with E-state index in [1.807, 2.05) is 12.1 Å². The summed E-state index contributed by atoms with van der Waals surface area (Å²) < 4.78 is 0. The van der Waals surface area contributed by atoms with Gasteiger partial charge in [-0.05, 0) is 43.9 Å². The van der Waals surface area contributed by atoms with E-state index < -0.39 is 0 Å². The van der Waals surface area contributed by atoms with Gasteiger partial charge in [-0.1, -0.05) is 6.07 Å². The summed E-state index contributed by atoms with van der Waals surface area (Å²) in [6, 6.07) is 5.94. The molecule has 0 bridgehead atoms. The van der Waals surface area contributed by atoms with E-state index in [0.717, 1.165) is 37.1 Å². The van der Waals surface area contributed by atoms with Crippen LogP contribution in [0.25, 0.3) is 0 Å². The van der Waals surface area contributed by atoms with Gasteiger partial charge in [0.05, 0.1) is 0 Å². The Bertz CT molecular complexity index is 449. The Kier molecular flexibility index (Phi) is 1.96. The van der Waals surface area contributed by atoms with Crippen molar-refractivity contribution in [3.8, 4) is 0 Å². The highest BCUT2D eigenvalue weighted by Gasteiger charge is 2.38. The summed E-state index contributed by atoms with van der Waals surface area (Å²) in [5.41, 5.74) is 3.26. The van der Waals surface area contributed by atoms with Crippen molar-refractivity contribution >= 4 is 11.6 Å². The predicted octanol–water partition coefficient (Wildman–Crippen LogP) is 1.94. The largest absolute Gasteiger partial charge is 0.384 e. The Morgan fingerprint density at radius 1 is 1.44 bits per heavy atom. The minimum absolute atomic E-state index is 0.0523. The number of hydrogen-bond acceptors (Lipinski definition) is 2. The van der Waals surface area contributed by atoms with Crippen LogP contribution in [0.15, 0.2) is 18.2 Å². The average Bonchev–Trinajstić information content (AvgIpc) is 2.82. The molecule has 0 spiro atoms. The Morgan fingerprint density at radius 2 is 2.25 bits per heavy atom. The van der Waals surface area contributed by atoms with Crippen molar-refractivity contribution in [2.75, 3.05) is 11.9 Å². The van der Waals surface area contributed by atoms with E-state index in [1.54, 1.807) is 0 Å². The molecule has 1 aromatic rings. The van der Waals surface area contributed by atoms with Crippen LogP contribution in [-0.4, -0.2) is 18.0 Å². The molecule has 1 amide bonds. The Labute approximate surface area is 95.2 Å². The van der Waals surface area contributed by atoms with Crippen molar-refractivity contribution < 1.29 is 4.79 Å². The maximum Gasteiger partial charge on any atom is 0.251 e. The zero-order valence-electron chi connectivity index (χ0n) is 9.47. The number of benzene rings is 1. The summed E-state index contributed by atoms with van der Waals surface area (Å²) in [5, 5.41) is 6.36. The molecule has 1 aromatic carbocycles. The van der Waals surface area contributed by atoms with Gasteiger partial charge in [-0.2, -0.15) is 0 Å². The molecule has 3 nitrogen and oxygen atoms in total. The lowest BCUT2D eigenvalue weighted by Gasteiger charge is -2.12. The van der Waals surface area contributed by atoms with E-state index in [1.165, 1.54) is 5.56 Å². The number of fused-ring (bicyclic) bond motifs is 1. The fraction of sp³-hybridized carbons (Fsp3) is 0.462. The fourth-order valence-electron chi connectivity index (χ4n) is 2.09. The van der Waals surface area contributed by atoms with Crippen LogP contribution in [0.5, 0.6) is 0 Å². The quantitative estimate of drug-likeness (QED) is 0.793. The Balaban J connectivity index is 1.81. The van der Waals surface area contributed by atoms with Crippen molar-refractivity contribution in [1.29, 1.82) is 0 Å². The van der Waals surface area contributed by atoms with Gasteiger partial charge >= 0.3 is 0 Å². The molecule has 0 aromatic heterocycles. The Morgan fingerprint density at radius 3 is 3.00 bits per heavy atom. The maximum absolute atomic E-state index is 12.0. The second-order valence-electron chi connectivity index (χ2n) is 5.06. The van der Waals surface area contributed by atoms with Gasteiger partial charge in [0, 0.05) is 23.3 Å². The first-order chi connectivity index (χ1) is 7.66. The molecular formula is C13H16N2O. The van der Waals surface area contributed by atoms with E-state index in [9.17, 15) is 4.79 Å². The molecule has 16 heavy (non-hydrogen) atoms. The number of anilines is 1. The summed E-state index contributed by atoms with van der Waals surface area (Å²) >= 11 is 0. The van der Waals surface area contributed by atoms with Gasteiger partial charge < -0.3 is 10.6 Å². The molecular weight excluding hydrogens is 200 g/mol. The first-order valence-corrected chi connectivity index (χ1v) is 5.86. The summed E-state index contributed by atoms with van der Waals surface area (Å²) in [6.45, 7) is 3.08. The second-order valence-corrected chi connectivity index (χ2v) is 5.06. The predicted molar refractivity (Wildman–Crippen MR) is 63.7 cm³/mol. The van der Waals surface area contributed by atoms with Crippen LogP contribution in [0.2, 0.25) is 0 Å². The lowest BCUT2D eigenvalue weighted by Crippen LogP contribution is -2.34. The van der Waals surface area contributed by atoms with Crippen LogP contribution in [0.3, 0.4) is 0 Å². The molecule has 0 atom stereocenters. The molecule has 1 aliphatic carbocycles. The number of amides is 1. The summed E-state index contributed by atoms with van der Waals surface area (Å²) in [4.78, 5) is 12.0. The van der Waals surface area contributed by atoms with Gasteiger partial charge in [-0.15, -0.1) is 0 Å². The van der Waals surface area contributed by atoms with E-state index in [4.69, 9.17) is 0 Å². The number of nitrogens with one attached hydrogen (secondary N) is 2. The van der Waals surface area contributed by atoms with Crippen LogP contribution < -0.4 is 10.6 Å². The van der Waals surface area contributed by atoms with Crippen LogP contribution in [0, 0.1) is 0 Å². The molecule has 1 heterocycles. The van der Waals surface area contributed by atoms with E-state index in [-0.39, 0.29) is 11.4 Å². The average molecular weight is 216 g/mol. The van der Waals surface area contributed by atoms with Gasteiger partial charge in [0.1, 0.15) is 0 Å². The van der Waals surface area contributed by atoms with E-state index in [0.29, 0.717) is 0 Å². The Hall–Kier alpha value is -1.51. The molecule has 84 valence electrons. The smallest absolute Gasteiger partial charge is 0.251 e. The van der Waals surface area contributed by atoms with Crippen molar-refractivity contribution in [3.63, 3.8) is 0 Å². The first-order valence-electron chi connectivity index (χ1n) is 5.86. The summed E-state index contributed by atoms with van der Waals surface area (Å²) in [5.74, 6) is 0.0523. The second kappa shape index (κ2) is 3.24. The van der Waals surface area contributed by atoms with Crippen LogP contribution >= 0.6 is 0 Å². The van der Waals surface area contributed by atoms with Crippen LogP contribution in [-0.2, 0) is 6.42 Å². The van der Waals surface area contributed by atoms with Gasteiger partial charge in [0.25, 0.3) is 5.91 Å². The third-order valence-corrected chi connectivity index (χ3v) is 3.50. The number of carbonyl (C=O) groups excluding carboxylic acids is 1. The number of carbonyl (C=O) groups is 1. The summed E-state index contributed by atoms with van der Waals surface area (Å²) in [7, 11) is 0. The zero-order chi connectivity index (χ0) is 11.2. The molecule has 1 saturated carbocycles. The third kappa shape index (κ3) is 1.66. The highest BCUT2D eigenvalue weighted by atomic mass is 16.1. The highest BCUT2D eigenvalue weighted by Crippen LogP contribution is 2.34. The van der Waals surface area contributed by atoms with Crippen LogP contribution in [0.4, 0.5) is 5.69 Å². The molecule has 0 radical (unpaired) electrons. The third-order valence-electron chi connectivity index (χ3n) is 3.50. The number of rotatable bonds is 2. The van der Waals surface area contributed by atoms with Gasteiger partial charge in [0.15, 0.2) is 0 Å². The molecule has 1 aliphatic heterocycles. The lowest BCUT2D eigenvalue weighted by molar-refractivity contribution is 0.0935. The zero-order valence-corrected chi connectivity index (χ0v) is 9.47. The highest BCUT2D eigenvalue weighted by molar-refractivity contribution is 5.96. The van der Waals surface area contributed by atoms with Crippen molar-refractivity contribution in [2.24, 2.45) is 0 Å². The van der Waals surface area contributed by atoms with Gasteiger partial charge in [-0.25, -0.2) is 0 Å². The van der Waals surface area contributed by atoms with Crippen molar-refractivity contribution in [1.82, 2.24) is 5.32 Å². The SMILES string of the molecule is CC1(NC(=O)c2ccc3c(c2)NCC3)CC1. The molecule has 0 saturated heterocycles. The van der Waals surface area contributed by atoms with Crippen LogP contribution in [0.1, 0.15) is 35.7 Å². The molecule has 2 aliphatic rings. The van der Waals surface area contributed by atoms with E-state index in [2.05, 4.69) is 23.6 Å². The summed E-state index contributed by atoms with van der Waals surface area (Å²) in [6.07, 6.45) is 3.26.